The predicted molar refractivity (Wildman–Crippen MR) is 71.8 cm³/mol. The zero-order chi connectivity index (χ0) is 12.8. The standard InChI is InChI=1S/C14H22N2O2/c1-17-13-5-3-12(4-6-13)14(11-15)16-7-2-9-18-10-8-16/h3-6,14H,2,7-11,15H2,1H3. The first-order valence-electron chi connectivity index (χ1n) is 6.51. The molecule has 0 radical (unpaired) electrons. The van der Waals surface area contributed by atoms with Crippen LogP contribution in [0.5, 0.6) is 5.75 Å². The van der Waals surface area contributed by atoms with E-state index in [1.807, 2.05) is 12.1 Å². The quantitative estimate of drug-likeness (QED) is 0.878. The summed E-state index contributed by atoms with van der Waals surface area (Å²) < 4.78 is 10.7. The summed E-state index contributed by atoms with van der Waals surface area (Å²) >= 11 is 0. The Morgan fingerprint density at radius 2 is 2.06 bits per heavy atom. The number of hydrogen-bond donors (Lipinski definition) is 1. The van der Waals surface area contributed by atoms with E-state index in [1.165, 1.54) is 5.56 Å². The van der Waals surface area contributed by atoms with Crippen LogP contribution in [-0.4, -0.2) is 44.9 Å². The van der Waals surface area contributed by atoms with Gasteiger partial charge in [0, 0.05) is 32.3 Å². The lowest BCUT2D eigenvalue weighted by Gasteiger charge is -2.29. The Labute approximate surface area is 109 Å². The van der Waals surface area contributed by atoms with Crippen LogP contribution in [0.15, 0.2) is 24.3 Å². The smallest absolute Gasteiger partial charge is 0.118 e. The van der Waals surface area contributed by atoms with Crippen molar-refractivity contribution in [3.63, 3.8) is 0 Å². The zero-order valence-corrected chi connectivity index (χ0v) is 11.0. The molecule has 1 aliphatic heterocycles. The second kappa shape index (κ2) is 6.73. The maximum Gasteiger partial charge on any atom is 0.118 e. The Morgan fingerprint density at radius 1 is 1.28 bits per heavy atom. The van der Waals surface area contributed by atoms with E-state index in [0.717, 1.165) is 38.5 Å². The van der Waals surface area contributed by atoms with Gasteiger partial charge < -0.3 is 15.2 Å². The molecule has 2 N–H and O–H groups in total. The van der Waals surface area contributed by atoms with Crippen molar-refractivity contribution in [3.8, 4) is 5.75 Å². The highest BCUT2D eigenvalue weighted by Gasteiger charge is 2.20. The highest BCUT2D eigenvalue weighted by atomic mass is 16.5. The third kappa shape index (κ3) is 3.22. The molecule has 0 aromatic heterocycles. The van der Waals surface area contributed by atoms with Crippen molar-refractivity contribution in [2.75, 3.05) is 40.0 Å². The van der Waals surface area contributed by atoms with Crippen molar-refractivity contribution < 1.29 is 9.47 Å². The first-order chi connectivity index (χ1) is 8.85. The number of nitrogens with zero attached hydrogens (tertiary/aromatic N) is 1. The van der Waals surface area contributed by atoms with Crippen LogP contribution in [0.1, 0.15) is 18.0 Å². The second-order valence-corrected chi connectivity index (χ2v) is 4.53. The van der Waals surface area contributed by atoms with Gasteiger partial charge in [0.05, 0.1) is 13.7 Å². The predicted octanol–water partition coefficient (Wildman–Crippen LogP) is 1.42. The van der Waals surface area contributed by atoms with E-state index in [2.05, 4.69) is 17.0 Å². The number of methoxy groups -OCH3 is 1. The van der Waals surface area contributed by atoms with Crippen LogP contribution < -0.4 is 10.5 Å². The van der Waals surface area contributed by atoms with Gasteiger partial charge in [-0.05, 0) is 24.1 Å². The number of ether oxygens (including phenoxy) is 2. The van der Waals surface area contributed by atoms with Gasteiger partial charge in [0.2, 0.25) is 0 Å². The van der Waals surface area contributed by atoms with Gasteiger partial charge >= 0.3 is 0 Å². The van der Waals surface area contributed by atoms with Crippen LogP contribution in [0, 0.1) is 0 Å². The highest BCUT2D eigenvalue weighted by Crippen LogP contribution is 2.23. The van der Waals surface area contributed by atoms with Crippen molar-refractivity contribution >= 4 is 0 Å². The number of hydrogen-bond acceptors (Lipinski definition) is 4. The Bertz CT molecular complexity index is 345. The summed E-state index contributed by atoms with van der Waals surface area (Å²) in [5.74, 6) is 0.883. The zero-order valence-electron chi connectivity index (χ0n) is 11.0. The second-order valence-electron chi connectivity index (χ2n) is 4.53. The molecule has 4 nitrogen and oxygen atoms in total. The van der Waals surface area contributed by atoms with Crippen LogP contribution >= 0.6 is 0 Å². The molecule has 1 aromatic carbocycles. The molecule has 2 rings (SSSR count). The van der Waals surface area contributed by atoms with Crippen LogP contribution in [0.2, 0.25) is 0 Å². The van der Waals surface area contributed by atoms with Gasteiger partial charge in [-0.3, -0.25) is 4.90 Å². The van der Waals surface area contributed by atoms with Gasteiger partial charge in [0.1, 0.15) is 5.75 Å². The van der Waals surface area contributed by atoms with Crippen molar-refractivity contribution in [3.05, 3.63) is 29.8 Å². The number of benzene rings is 1. The first-order valence-corrected chi connectivity index (χ1v) is 6.51. The summed E-state index contributed by atoms with van der Waals surface area (Å²) in [6.07, 6.45) is 1.08. The number of rotatable bonds is 4. The van der Waals surface area contributed by atoms with E-state index >= 15 is 0 Å². The van der Waals surface area contributed by atoms with E-state index in [-0.39, 0.29) is 6.04 Å². The molecule has 1 saturated heterocycles. The van der Waals surface area contributed by atoms with Crippen LogP contribution in [0.3, 0.4) is 0 Å². The molecule has 1 fully saturated rings. The molecule has 1 atom stereocenters. The van der Waals surface area contributed by atoms with E-state index in [1.54, 1.807) is 7.11 Å². The molecule has 100 valence electrons. The maximum atomic E-state index is 5.94. The molecule has 0 spiro atoms. The molecule has 4 heteroatoms. The maximum absolute atomic E-state index is 5.94. The fourth-order valence-corrected chi connectivity index (χ4v) is 2.40. The first kappa shape index (κ1) is 13.3. The van der Waals surface area contributed by atoms with Gasteiger partial charge in [-0.1, -0.05) is 12.1 Å². The Hall–Kier alpha value is -1.10. The molecule has 1 aromatic rings. The summed E-state index contributed by atoms with van der Waals surface area (Å²) in [5.41, 5.74) is 7.19. The SMILES string of the molecule is COc1ccc(C(CN)N2CCCOCC2)cc1. The molecular weight excluding hydrogens is 228 g/mol. The minimum Gasteiger partial charge on any atom is -0.497 e. The third-order valence-corrected chi connectivity index (χ3v) is 3.42. The summed E-state index contributed by atoms with van der Waals surface area (Å²) in [5, 5.41) is 0. The third-order valence-electron chi connectivity index (χ3n) is 3.42. The van der Waals surface area contributed by atoms with E-state index in [0.29, 0.717) is 6.54 Å². The summed E-state index contributed by atoms with van der Waals surface area (Å²) in [6, 6.07) is 8.46. The van der Waals surface area contributed by atoms with Crippen molar-refractivity contribution in [2.45, 2.75) is 12.5 Å². The largest absolute Gasteiger partial charge is 0.497 e. The lowest BCUT2D eigenvalue weighted by Crippen LogP contribution is -2.35. The summed E-state index contributed by atoms with van der Waals surface area (Å²) in [6.45, 7) is 4.29. The lowest BCUT2D eigenvalue weighted by atomic mass is 10.0. The average Bonchev–Trinajstić information content (AvgIpc) is 2.70. The molecule has 0 saturated carbocycles. The van der Waals surface area contributed by atoms with Crippen molar-refractivity contribution in [1.29, 1.82) is 0 Å². The Balaban J connectivity index is 2.10. The monoisotopic (exact) mass is 250 g/mol. The van der Waals surface area contributed by atoms with Gasteiger partial charge in [-0.2, -0.15) is 0 Å². The van der Waals surface area contributed by atoms with Crippen LogP contribution in [0.4, 0.5) is 0 Å². The highest BCUT2D eigenvalue weighted by molar-refractivity contribution is 5.29. The lowest BCUT2D eigenvalue weighted by molar-refractivity contribution is 0.132. The molecule has 0 amide bonds. The Morgan fingerprint density at radius 3 is 2.72 bits per heavy atom. The number of nitrogens with two attached hydrogens (primary N) is 1. The Kier molecular flexibility index (Phi) is 4.99. The molecule has 18 heavy (non-hydrogen) atoms. The molecule has 1 heterocycles. The molecule has 1 aliphatic rings. The minimum atomic E-state index is 0.276. The van der Waals surface area contributed by atoms with Gasteiger partial charge in [0.25, 0.3) is 0 Å². The fraction of sp³-hybridized carbons (Fsp3) is 0.571. The summed E-state index contributed by atoms with van der Waals surface area (Å²) in [4.78, 5) is 2.41. The van der Waals surface area contributed by atoms with E-state index in [9.17, 15) is 0 Å². The van der Waals surface area contributed by atoms with Crippen LogP contribution in [0.25, 0.3) is 0 Å². The van der Waals surface area contributed by atoms with Gasteiger partial charge in [-0.25, -0.2) is 0 Å². The van der Waals surface area contributed by atoms with Gasteiger partial charge in [0.15, 0.2) is 0 Å². The summed E-state index contributed by atoms with van der Waals surface area (Å²) in [7, 11) is 1.68. The molecule has 0 bridgehead atoms. The normalized spacial score (nSPS) is 19.2. The van der Waals surface area contributed by atoms with E-state index in [4.69, 9.17) is 15.2 Å². The fourth-order valence-electron chi connectivity index (χ4n) is 2.40. The molecule has 1 unspecified atom stereocenters. The average molecular weight is 250 g/mol. The van der Waals surface area contributed by atoms with Crippen molar-refractivity contribution in [1.82, 2.24) is 4.90 Å². The molecular formula is C14H22N2O2. The van der Waals surface area contributed by atoms with Gasteiger partial charge in [-0.15, -0.1) is 0 Å². The van der Waals surface area contributed by atoms with Crippen LogP contribution in [-0.2, 0) is 4.74 Å². The topological polar surface area (TPSA) is 47.7 Å². The van der Waals surface area contributed by atoms with E-state index < -0.39 is 0 Å². The van der Waals surface area contributed by atoms with Crippen molar-refractivity contribution in [2.24, 2.45) is 5.73 Å². The molecule has 0 aliphatic carbocycles. The minimum absolute atomic E-state index is 0.276.